The van der Waals surface area contributed by atoms with Crippen molar-refractivity contribution in [2.75, 3.05) is 0 Å². The van der Waals surface area contributed by atoms with Gasteiger partial charge in [0.25, 0.3) is 5.91 Å². The molecule has 138 valence electrons. The molecule has 0 aliphatic rings. The maximum atomic E-state index is 13.2. The summed E-state index contributed by atoms with van der Waals surface area (Å²) in [6, 6.07) is 15.0. The third-order valence-corrected chi connectivity index (χ3v) is 4.30. The Morgan fingerprint density at radius 2 is 1.64 bits per heavy atom. The molecule has 0 aliphatic carbocycles. The van der Waals surface area contributed by atoms with Crippen LogP contribution in [0.3, 0.4) is 0 Å². The number of aromatic nitrogens is 5. The van der Waals surface area contributed by atoms with Gasteiger partial charge in [-0.1, -0.05) is 6.07 Å². The fourth-order valence-electron chi connectivity index (χ4n) is 2.90. The number of nitrogens with zero attached hydrogens (tertiary/aromatic N) is 6. The van der Waals surface area contributed by atoms with Crippen LogP contribution >= 0.6 is 0 Å². The molecule has 0 atom stereocenters. The maximum absolute atomic E-state index is 13.2. The molecule has 0 saturated carbocycles. The van der Waals surface area contributed by atoms with Gasteiger partial charge in [-0.05, 0) is 53.6 Å². The summed E-state index contributed by atoms with van der Waals surface area (Å²) >= 11 is 0. The van der Waals surface area contributed by atoms with E-state index in [0.29, 0.717) is 18.7 Å². The maximum Gasteiger partial charge on any atom is 0.254 e. The highest BCUT2D eigenvalue weighted by Crippen LogP contribution is 2.15. The van der Waals surface area contributed by atoms with Crippen molar-refractivity contribution in [2.45, 2.75) is 13.1 Å². The number of pyridine rings is 2. The summed E-state index contributed by atoms with van der Waals surface area (Å²) in [4.78, 5) is 27.2. The minimum atomic E-state index is -0.0502. The summed E-state index contributed by atoms with van der Waals surface area (Å²) in [5.74, 6) is -0.0502. The fraction of sp³-hybridized carbons (Fsp3) is 0.0952. The second-order valence-corrected chi connectivity index (χ2v) is 6.26. The molecule has 0 unspecified atom stereocenters. The Morgan fingerprint density at radius 1 is 0.857 bits per heavy atom. The van der Waals surface area contributed by atoms with Crippen molar-refractivity contribution >= 4 is 5.91 Å². The summed E-state index contributed by atoms with van der Waals surface area (Å²) < 4.78 is 1.65. The highest BCUT2D eigenvalue weighted by molar-refractivity contribution is 5.94. The molecule has 3 aromatic heterocycles. The molecule has 4 rings (SSSR count). The lowest BCUT2D eigenvalue weighted by Crippen LogP contribution is -2.30. The van der Waals surface area contributed by atoms with Crippen LogP contribution in [0.1, 0.15) is 21.5 Å². The topological polar surface area (TPSA) is 76.8 Å². The first kappa shape index (κ1) is 17.5. The van der Waals surface area contributed by atoms with Crippen molar-refractivity contribution < 1.29 is 4.79 Å². The Morgan fingerprint density at radius 3 is 2.32 bits per heavy atom. The van der Waals surface area contributed by atoms with Crippen LogP contribution < -0.4 is 0 Å². The highest BCUT2D eigenvalue weighted by Gasteiger charge is 2.17. The molecule has 0 spiro atoms. The molecule has 1 aromatic carbocycles. The first-order valence-corrected chi connectivity index (χ1v) is 8.82. The van der Waals surface area contributed by atoms with Gasteiger partial charge in [0, 0.05) is 43.4 Å². The number of benzene rings is 1. The van der Waals surface area contributed by atoms with Gasteiger partial charge in [0.05, 0.1) is 5.69 Å². The van der Waals surface area contributed by atoms with Gasteiger partial charge in [0.15, 0.2) is 0 Å². The largest absolute Gasteiger partial charge is 0.330 e. The van der Waals surface area contributed by atoms with Gasteiger partial charge in [0.2, 0.25) is 0 Å². The van der Waals surface area contributed by atoms with E-state index in [9.17, 15) is 4.79 Å². The molecule has 1 amide bonds. The lowest BCUT2D eigenvalue weighted by molar-refractivity contribution is 0.0730. The average molecular weight is 370 g/mol. The molecule has 4 aromatic rings. The highest BCUT2D eigenvalue weighted by atomic mass is 16.2. The summed E-state index contributed by atoms with van der Waals surface area (Å²) in [6.45, 7) is 0.959. The van der Waals surface area contributed by atoms with Crippen molar-refractivity contribution in [3.8, 4) is 5.69 Å². The van der Waals surface area contributed by atoms with Gasteiger partial charge in [-0.3, -0.25) is 14.8 Å². The number of amides is 1. The van der Waals surface area contributed by atoms with E-state index in [1.165, 1.54) is 6.33 Å². The summed E-state index contributed by atoms with van der Waals surface area (Å²) in [7, 11) is 0. The quantitative estimate of drug-likeness (QED) is 0.522. The van der Waals surface area contributed by atoms with Gasteiger partial charge in [-0.25, -0.2) is 9.67 Å². The molecule has 0 saturated heterocycles. The molecule has 7 heteroatoms. The number of hydrogen-bond donors (Lipinski definition) is 0. The van der Waals surface area contributed by atoms with Crippen LogP contribution in [-0.4, -0.2) is 35.5 Å². The Labute approximate surface area is 162 Å². The van der Waals surface area contributed by atoms with E-state index in [1.807, 2.05) is 48.5 Å². The third-order valence-electron chi connectivity index (χ3n) is 4.30. The SMILES string of the molecule is O=C(c1ccc(-n2cncn2)cc1)N(Cc1ccncc1)Cc1cccnc1. The lowest BCUT2D eigenvalue weighted by Gasteiger charge is -2.23. The molecule has 0 radical (unpaired) electrons. The minimum absolute atomic E-state index is 0.0502. The molecule has 0 N–H and O–H groups in total. The summed E-state index contributed by atoms with van der Waals surface area (Å²) in [5, 5.41) is 4.11. The zero-order chi connectivity index (χ0) is 19.2. The average Bonchev–Trinajstić information content (AvgIpc) is 3.29. The molecule has 0 aliphatic heterocycles. The van der Waals surface area contributed by atoms with Crippen molar-refractivity contribution in [1.82, 2.24) is 29.6 Å². The van der Waals surface area contributed by atoms with E-state index in [4.69, 9.17) is 0 Å². The van der Waals surface area contributed by atoms with Crippen molar-refractivity contribution in [3.63, 3.8) is 0 Å². The second kappa shape index (κ2) is 8.22. The molecule has 0 fully saturated rings. The van der Waals surface area contributed by atoms with E-state index >= 15 is 0 Å². The van der Waals surface area contributed by atoms with Crippen molar-refractivity contribution in [1.29, 1.82) is 0 Å². The van der Waals surface area contributed by atoms with Crippen LogP contribution in [0.5, 0.6) is 0 Å². The van der Waals surface area contributed by atoms with Crippen LogP contribution in [0, 0.1) is 0 Å². The van der Waals surface area contributed by atoms with E-state index in [-0.39, 0.29) is 5.91 Å². The fourth-order valence-corrected chi connectivity index (χ4v) is 2.90. The molecule has 0 bridgehead atoms. The molecular formula is C21H18N6O. The second-order valence-electron chi connectivity index (χ2n) is 6.26. The van der Waals surface area contributed by atoms with Crippen LogP contribution in [0.4, 0.5) is 0 Å². The van der Waals surface area contributed by atoms with Crippen LogP contribution in [0.2, 0.25) is 0 Å². The molecule has 28 heavy (non-hydrogen) atoms. The number of carbonyl (C=O) groups is 1. The Bertz CT molecular complexity index is 976. The third kappa shape index (κ3) is 4.09. The van der Waals surface area contributed by atoms with Gasteiger partial charge >= 0.3 is 0 Å². The predicted octanol–water partition coefficient (Wildman–Crippen LogP) is 2.90. The summed E-state index contributed by atoms with van der Waals surface area (Å²) in [5.41, 5.74) is 3.46. The van der Waals surface area contributed by atoms with Crippen LogP contribution in [0.15, 0.2) is 86.0 Å². The van der Waals surface area contributed by atoms with Crippen LogP contribution in [0.25, 0.3) is 5.69 Å². The van der Waals surface area contributed by atoms with Gasteiger partial charge in [-0.15, -0.1) is 0 Å². The first-order chi connectivity index (χ1) is 13.8. The number of carbonyl (C=O) groups excluding carboxylic acids is 1. The Hall–Kier alpha value is -3.87. The Balaban J connectivity index is 1.58. The Kier molecular flexibility index (Phi) is 5.15. The predicted molar refractivity (Wildman–Crippen MR) is 103 cm³/mol. The first-order valence-electron chi connectivity index (χ1n) is 8.82. The summed E-state index contributed by atoms with van der Waals surface area (Å²) in [6.07, 6.45) is 10.1. The van der Waals surface area contributed by atoms with E-state index in [1.54, 1.807) is 40.7 Å². The number of rotatable bonds is 6. The zero-order valence-corrected chi connectivity index (χ0v) is 15.1. The molecular weight excluding hydrogens is 352 g/mol. The van der Waals surface area contributed by atoms with Crippen molar-refractivity contribution in [2.24, 2.45) is 0 Å². The van der Waals surface area contributed by atoms with Crippen molar-refractivity contribution in [3.05, 3.63) is 103 Å². The van der Waals surface area contributed by atoms with Gasteiger partial charge < -0.3 is 4.90 Å². The lowest BCUT2D eigenvalue weighted by atomic mass is 10.1. The standard InChI is InChI=1S/C21H18N6O/c28-21(19-3-5-20(6-4-19)27-16-24-15-25-27)26(13-17-7-10-22-11-8-17)14-18-2-1-9-23-12-18/h1-12,15-16H,13-14H2. The normalized spacial score (nSPS) is 10.6. The monoisotopic (exact) mass is 370 g/mol. The zero-order valence-electron chi connectivity index (χ0n) is 15.1. The van der Waals surface area contributed by atoms with Gasteiger partial charge in [-0.2, -0.15) is 5.10 Å². The minimum Gasteiger partial charge on any atom is -0.330 e. The number of hydrogen-bond acceptors (Lipinski definition) is 5. The van der Waals surface area contributed by atoms with Gasteiger partial charge in [0.1, 0.15) is 12.7 Å². The van der Waals surface area contributed by atoms with E-state index in [0.717, 1.165) is 16.8 Å². The van der Waals surface area contributed by atoms with E-state index in [2.05, 4.69) is 20.1 Å². The molecule has 7 nitrogen and oxygen atoms in total. The van der Waals surface area contributed by atoms with E-state index < -0.39 is 0 Å². The smallest absolute Gasteiger partial charge is 0.254 e. The van der Waals surface area contributed by atoms with Crippen LogP contribution in [-0.2, 0) is 13.1 Å². The molecule has 3 heterocycles.